The van der Waals surface area contributed by atoms with Crippen molar-refractivity contribution >= 4 is 23.1 Å². The van der Waals surface area contributed by atoms with Crippen molar-refractivity contribution in [1.82, 2.24) is 10.2 Å². The Bertz CT molecular complexity index is 740. The summed E-state index contributed by atoms with van der Waals surface area (Å²) in [6.45, 7) is 5.93. The number of nitrogens with zero attached hydrogens (tertiary/aromatic N) is 3. The number of aromatic nitrogens is 2. The van der Waals surface area contributed by atoms with Crippen LogP contribution < -0.4 is 15.5 Å². The molecule has 2 N–H and O–H groups in total. The number of methoxy groups -OCH3 is 1. The molecule has 1 fully saturated rings. The molecule has 2 heterocycles. The third kappa shape index (κ3) is 5.66. The largest absolute Gasteiger partial charge is 0.385 e. The van der Waals surface area contributed by atoms with Crippen molar-refractivity contribution in [1.29, 1.82) is 0 Å². The summed E-state index contributed by atoms with van der Waals surface area (Å²) >= 11 is 0. The normalized spacial score (nSPS) is 14.7. The third-order valence-corrected chi connectivity index (χ3v) is 5.00. The molecular weight excluding hydrogens is 354 g/mol. The minimum atomic E-state index is -0.266. The molecule has 0 aliphatic carbocycles. The van der Waals surface area contributed by atoms with E-state index in [9.17, 15) is 4.79 Å². The van der Waals surface area contributed by atoms with E-state index in [-0.39, 0.29) is 11.6 Å². The molecule has 28 heavy (non-hydrogen) atoms. The molecule has 1 aromatic heterocycles. The zero-order valence-corrected chi connectivity index (χ0v) is 16.6. The molecule has 150 valence electrons. The van der Waals surface area contributed by atoms with Crippen LogP contribution in [-0.4, -0.2) is 49.5 Å². The molecule has 7 heteroatoms. The summed E-state index contributed by atoms with van der Waals surface area (Å²) < 4.78 is 5.00. The van der Waals surface area contributed by atoms with Crippen molar-refractivity contribution in [2.45, 2.75) is 26.2 Å². The Balaban J connectivity index is 1.51. The fourth-order valence-corrected chi connectivity index (χ4v) is 3.20. The van der Waals surface area contributed by atoms with Crippen LogP contribution in [0.4, 0.5) is 17.2 Å². The van der Waals surface area contributed by atoms with Crippen molar-refractivity contribution in [3.63, 3.8) is 0 Å². The summed E-state index contributed by atoms with van der Waals surface area (Å²) in [5.74, 6) is 1.19. The minimum Gasteiger partial charge on any atom is -0.385 e. The first kappa shape index (κ1) is 20.1. The van der Waals surface area contributed by atoms with Crippen LogP contribution in [0.25, 0.3) is 0 Å². The lowest BCUT2D eigenvalue weighted by Gasteiger charge is -2.32. The molecular formula is C21H29N5O2. The molecule has 1 aliphatic heterocycles. The maximum Gasteiger partial charge on any atom is 0.276 e. The number of carbonyl (C=O) groups excluding carboxylic acids is 1. The van der Waals surface area contributed by atoms with E-state index in [1.807, 2.05) is 12.1 Å². The van der Waals surface area contributed by atoms with Gasteiger partial charge in [-0.3, -0.25) is 4.79 Å². The van der Waals surface area contributed by atoms with Crippen LogP contribution in [0, 0.1) is 5.92 Å². The number of amides is 1. The van der Waals surface area contributed by atoms with Gasteiger partial charge in [0, 0.05) is 44.7 Å². The molecule has 7 nitrogen and oxygen atoms in total. The van der Waals surface area contributed by atoms with E-state index < -0.39 is 0 Å². The quantitative estimate of drug-likeness (QED) is 0.680. The van der Waals surface area contributed by atoms with Gasteiger partial charge in [0.15, 0.2) is 5.69 Å². The van der Waals surface area contributed by atoms with Gasteiger partial charge >= 0.3 is 0 Å². The number of hydrogen-bond acceptors (Lipinski definition) is 6. The highest BCUT2D eigenvalue weighted by atomic mass is 16.5. The van der Waals surface area contributed by atoms with E-state index in [4.69, 9.17) is 4.74 Å². The molecule has 2 aromatic rings. The average molecular weight is 383 g/mol. The predicted octanol–water partition coefficient (Wildman–Crippen LogP) is 3.41. The smallest absolute Gasteiger partial charge is 0.276 e. The Kier molecular flexibility index (Phi) is 7.19. The van der Waals surface area contributed by atoms with Gasteiger partial charge in [-0.15, -0.1) is 10.2 Å². The number of nitrogens with one attached hydrogen (secondary N) is 2. The van der Waals surface area contributed by atoms with Crippen molar-refractivity contribution in [2.75, 3.05) is 48.9 Å². The molecule has 0 atom stereocenters. The Morgan fingerprint density at radius 2 is 1.89 bits per heavy atom. The number of piperidine rings is 1. The molecule has 1 saturated heterocycles. The lowest BCUT2D eigenvalue weighted by molar-refractivity contribution is 0.102. The van der Waals surface area contributed by atoms with Gasteiger partial charge in [-0.1, -0.05) is 6.92 Å². The van der Waals surface area contributed by atoms with Crippen LogP contribution in [0.2, 0.25) is 0 Å². The van der Waals surface area contributed by atoms with E-state index in [1.54, 1.807) is 19.2 Å². The zero-order chi connectivity index (χ0) is 19.8. The predicted molar refractivity (Wildman–Crippen MR) is 112 cm³/mol. The number of rotatable bonds is 8. The lowest BCUT2D eigenvalue weighted by Crippen LogP contribution is -2.32. The minimum absolute atomic E-state index is 0.266. The first-order valence-corrected chi connectivity index (χ1v) is 9.88. The van der Waals surface area contributed by atoms with Crippen molar-refractivity contribution in [2.24, 2.45) is 5.92 Å². The van der Waals surface area contributed by atoms with Gasteiger partial charge in [0.05, 0.1) is 0 Å². The molecule has 3 rings (SSSR count). The second kappa shape index (κ2) is 10.0. The zero-order valence-electron chi connectivity index (χ0n) is 16.6. The van der Waals surface area contributed by atoms with Crippen molar-refractivity contribution in [3.05, 3.63) is 42.1 Å². The summed E-state index contributed by atoms with van der Waals surface area (Å²) in [5.41, 5.74) is 2.24. The van der Waals surface area contributed by atoms with E-state index in [0.717, 1.165) is 37.7 Å². The standard InChI is InChI=1S/C21H29N5O2/c1-16-10-13-26(14-11-16)18-6-4-17(5-7-18)23-21(27)19-8-9-20(25-24-19)22-12-3-15-28-2/h4-9,16H,3,10-15H2,1-2H3,(H,22,25)(H,23,27). The van der Waals surface area contributed by atoms with Crippen molar-refractivity contribution in [3.8, 4) is 0 Å². The van der Waals surface area contributed by atoms with Gasteiger partial charge in [-0.05, 0) is 61.6 Å². The van der Waals surface area contributed by atoms with E-state index in [0.29, 0.717) is 12.4 Å². The molecule has 1 aliphatic rings. The summed E-state index contributed by atoms with van der Waals surface area (Å²) in [5, 5.41) is 14.1. The van der Waals surface area contributed by atoms with Crippen LogP contribution in [-0.2, 0) is 4.74 Å². The van der Waals surface area contributed by atoms with E-state index in [2.05, 4.69) is 44.8 Å². The van der Waals surface area contributed by atoms with Gasteiger partial charge in [0.1, 0.15) is 5.82 Å². The molecule has 0 radical (unpaired) electrons. The van der Waals surface area contributed by atoms with Crippen LogP contribution in [0.15, 0.2) is 36.4 Å². The highest BCUT2D eigenvalue weighted by molar-refractivity contribution is 6.02. The number of carbonyl (C=O) groups is 1. The molecule has 0 saturated carbocycles. The van der Waals surface area contributed by atoms with Gasteiger partial charge in [0.2, 0.25) is 0 Å². The molecule has 0 unspecified atom stereocenters. The highest BCUT2D eigenvalue weighted by Gasteiger charge is 2.16. The Morgan fingerprint density at radius 1 is 1.14 bits per heavy atom. The summed E-state index contributed by atoms with van der Waals surface area (Å²) in [7, 11) is 1.68. The fraction of sp³-hybridized carbons (Fsp3) is 0.476. The van der Waals surface area contributed by atoms with Gasteiger partial charge < -0.3 is 20.3 Å². The Hall–Kier alpha value is -2.67. The highest BCUT2D eigenvalue weighted by Crippen LogP contribution is 2.24. The Morgan fingerprint density at radius 3 is 2.54 bits per heavy atom. The monoisotopic (exact) mass is 383 g/mol. The summed E-state index contributed by atoms with van der Waals surface area (Å²) in [6, 6.07) is 11.4. The average Bonchev–Trinajstić information content (AvgIpc) is 2.73. The van der Waals surface area contributed by atoms with Gasteiger partial charge in [0.25, 0.3) is 5.91 Å². The summed E-state index contributed by atoms with van der Waals surface area (Å²) in [6.07, 6.45) is 3.34. The first-order valence-electron chi connectivity index (χ1n) is 9.88. The molecule has 1 amide bonds. The molecule has 0 spiro atoms. The Labute approximate surface area is 166 Å². The van der Waals surface area contributed by atoms with Crippen LogP contribution in [0.1, 0.15) is 36.7 Å². The first-order chi connectivity index (χ1) is 13.7. The molecule has 0 bridgehead atoms. The van der Waals surface area contributed by atoms with Crippen LogP contribution in [0.3, 0.4) is 0 Å². The maximum atomic E-state index is 12.4. The number of anilines is 3. The molecule has 1 aromatic carbocycles. The van der Waals surface area contributed by atoms with E-state index in [1.165, 1.54) is 18.5 Å². The fourth-order valence-electron chi connectivity index (χ4n) is 3.20. The number of ether oxygens (including phenoxy) is 1. The lowest BCUT2D eigenvalue weighted by atomic mass is 9.99. The SMILES string of the molecule is COCCCNc1ccc(C(=O)Nc2ccc(N3CCC(C)CC3)cc2)nn1. The number of hydrogen-bond donors (Lipinski definition) is 2. The van der Waals surface area contributed by atoms with Crippen LogP contribution >= 0.6 is 0 Å². The van der Waals surface area contributed by atoms with Crippen LogP contribution in [0.5, 0.6) is 0 Å². The van der Waals surface area contributed by atoms with Gasteiger partial charge in [-0.25, -0.2) is 0 Å². The van der Waals surface area contributed by atoms with E-state index >= 15 is 0 Å². The number of benzene rings is 1. The maximum absolute atomic E-state index is 12.4. The summed E-state index contributed by atoms with van der Waals surface area (Å²) in [4.78, 5) is 14.8. The van der Waals surface area contributed by atoms with Crippen molar-refractivity contribution < 1.29 is 9.53 Å². The topological polar surface area (TPSA) is 79.4 Å². The van der Waals surface area contributed by atoms with Gasteiger partial charge in [-0.2, -0.15) is 0 Å². The third-order valence-electron chi connectivity index (χ3n) is 5.00. The second-order valence-electron chi connectivity index (χ2n) is 7.25. The second-order valence-corrected chi connectivity index (χ2v) is 7.25.